The summed E-state index contributed by atoms with van der Waals surface area (Å²) in [6.45, 7) is 6.42. The Morgan fingerprint density at radius 1 is 0.944 bits per heavy atom. The number of aromatic nitrogens is 3. The van der Waals surface area contributed by atoms with Crippen molar-refractivity contribution in [1.82, 2.24) is 14.4 Å². The molecule has 5 aromatic rings. The first-order valence-corrected chi connectivity index (χ1v) is 11.6. The van der Waals surface area contributed by atoms with Gasteiger partial charge >= 0.3 is 0 Å². The molecule has 0 aliphatic carbocycles. The lowest BCUT2D eigenvalue weighted by Gasteiger charge is -2.19. The van der Waals surface area contributed by atoms with Crippen molar-refractivity contribution in [1.29, 1.82) is 0 Å². The van der Waals surface area contributed by atoms with E-state index in [2.05, 4.69) is 36.4 Å². The number of amides is 1. The molecule has 36 heavy (non-hydrogen) atoms. The maximum absolute atomic E-state index is 13.7. The topological polar surface area (TPSA) is 71.3 Å². The van der Waals surface area contributed by atoms with Crippen molar-refractivity contribution < 1.29 is 9.18 Å². The molecule has 1 amide bonds. The number of hydrogen-bond acceptors (Lipinski definition) is 4. The lowest BCUT2D eigenvalue weighted by molar-refractivity contribution is 0.102. The molecule has 2 aromatic heterocycles. The summed E-state index contributed by atoms with van der Waals surface area (Å²) in [7, 11) is 0. The highest BCUT2D eigenvalue weighted by Crippen LogP contribution is 2.27. The van der Waals surface area contributed by atoms with Gasteiger partial charge in [0.15, 0.2) is 11.5 Å². The number of carbonyl (C=O) groups is 1. The van der Waals surface area contributed by atoms with E-state index < -0.39 is 0 Å². The van der Waals surface area contributed by atoms with Gasteiger partial charge in [-0.2, -0.15) is 0 Å². The maximum Gasteiger partial charge on any atom is 0.255 e. The van der Waals surface area contributed by atoms with Crippen molar-refractivity contribution in [2.45, 2.75) is 26.2 Å². The normalized spacial score (nSPS) is 11.4. The Morgan fingerprint density at radius 2 is 1.69 bits per heavy atom. The zero-order valence-electron chi connectivity index (χ0n) is 20.3. The quantitative estimate of drug-likeness (QED) is 0.290. The van der Waals surface area contributed by atoms with Gasteiger partial charge in [-0.1, -0.05) is 51.1 Å². The Labute approximate surface area is 208 Å². The van der Waals surface area contributed by atoms with E-state index in [1.165, 1.54) is 17.7 Å². The summed E-state index contributed by atoms with van der Waals surface area (Å²) in [5.41, 5.74) is 5.12. The third kappa shape index (κ3) is 4.95. The lowest BCUT2D eigenvalue weighted by Crippen LogP contribution is -2.14. The summed E-state index contributed by atoms with van der Waals surface area (Å²) in [5.74, 6) is -0.0254. The van der Waals surface area contributed by atoms with Gasteiger partial charge in [0.05, 0.1) is 5.69 Å². The average Bonchev–Trinajstić information content (AvgIpc) is 3.33. The Balaban J connectivity index is 1.42. The Bertz CT molecular complexity index is 1550. The van der Waals surface area contributed by atoms with Crippen LogP contribution >= 0.6 is 0 Å². The molecule has 5 rings (SSSR count). The number of benzene rings is 3. The minimum absolute atomic E-state index is 0.0229. The predicted molar refractivity (Wildman–Crippen MR) is 141 cm³/mol. The van der Waals surface area contributed by atoms with Crippen molar-refractivity contribution in [3.8, 4) is 11.3 Å². The van der Waals surface area contributed by atoms with E-state index in [9.17, 15) is 9.18 Å². The molecule has 0 saturated heterocycles. The first kappa shape index (κ1) is 23.2. The van der Waals surface area contributed by atoms with Gasteiger partial charge in [0, 0.05) is 41.1 Å². The van der Waals surface area contributed by atoms with E-state index in [0.29, 0.717) is 34.1 Å². The highest BCUT2D eigenvalue weighted by Gasteiger charge is 2.15. The largest absolute Gasteiger partial charge is 0.337 e. The Morgan fingerprint density at radius 3 is 2.44 bits per heavy atom. The van der Waals surface area contributed by atoms with Crippen molar-refractivity contribution in [2.75, 3.05) is 10.6 Å². The molecule has 6 nitrogen and oxygen atoms in total. The molecule has 7 heteroatoms. The fourth-order valence-corrected chi connectivity index (χ4v) is 3.94. The second kappa shape index (κ2) is 9.26. The number of hydrogen-bond donors (Lipinski definition) is 2. The number of halogens is 1. The van der Waals surface area contributed by atoms with E-state index in [4.69, 9.17) is 4.98 Å². The molecule has 0 radical (unpaired) electrons. The second-order valence-corrected chi connectivity index (χ2v) is 9.63. The summed E-state index contributed by atoms with van der Waals surface area (Å²) in [4.78, 5) is 22.0. The fraction of sp³-hybridized carbons (Fsp3) is 0.138. The third-order valence-corrected chi connectivity index (χ3v) is 5.89. The zero-order chi connectivity index (χ0) is 25.3. The van der Waals surface area contributed by atoms with Crippen molar-refractivity contribution in [3.05, 3.63) is 108 Å². The molecule has 0 saturated carbocycles. The molecular formula is C29H26FN5O. The molecule has 2 N–H and O–H groups in total. The molecule has 0 fully saturated rings. The molecule has 3 aromatic carbocycles. The van der Waals surface area contributed by atoms with Crippen LogP contribution < -0.4 is 10.6 Å². The second-order valence-electron chi connectivity index (χ2n) is 9.63. The SMILES string of the molecule is CC(C)(C)c1ccc(C(=O)Nc2cccc(-c3cn4ccnc4c(Nc4cccc(F)c4)n3)c2)cc1. The van der Waals surface area contributed by atoms with Gasteiger partial charge < -0.3 is 15.0 Å². The van der Waals surface area contributed by atoms with Crippen molar-refractivity contribution >= 4 is 28.7 Å². The summed E-state index contributed by atoms with van der Waals surface area (Å²) >= 11 is 0. The number of fused-ring (bicyclic) bond motifs is 1. The molecule has 0 bridgehead atoms. The van der Waals surface area contributed by atoms with E-state index in [1.54, 1.807) is 18.3 Å². The van der Waals surface area contributed by atoms with Gasteiger partial charge in [0.1, 0.15) is 5.82 Å². The monoisotopic (exact) mass is 479 g/mol. The number of nitrogens with one attached hydrogen (secondary N) is 2. The van der Waals surface area contributed by atoms with Crippen molar-refractivity contribution in [2.24, 2.45) is 0 Å². The maximum atomic E-state index is 13.7. The van der Waals surface area contributed by atoms with E-state index in [1.807, 2.05) is 65.3 Å². The van der Waals surface area contributed by atoms with E-state index in [-0.39, 0.29) is 17.1 Å². The molecule has 180 valence electrons. The van der Waals surface area contributed by atoms with Crippen LogP contribution in [0.4, 0.5) is 21.6 Å². The van der Waals surface area contributed by atoms with Crippen LogP contribution in [0.15, 0.2) is 91.4 Å². The van der Waals surface area contributed by atoms with Crippen molar-refractivity contribution in [3.63, 3.8) is 0 Å². The van der Waals surface area contributed by atoms with Gasteiger partial charge in [0.2, 0.25) is 0 Å². The standard InChI is InChI=1S/C29H26FN5O/c1-29(2,3)21-12-10-19(11-13-21)28(36)33-23-8-4-6-20(16-23)25-18-35-15-14-31-27(35)26(34-25)32-24-9-5-7-22(30)17-24/h4-18H,1-3H3,(H,32,34)(H,33,36). The number of carbonyl (C=O) groups excluding carboxylic acids is 1. The van der Waals surface area contributed by atoms with Gasteiger partial charge in [-0.05, 0) is 53.4 Å². The molecule has 0 aliphatic heterocycles. The minimum atomic E-state index is -0.341. The fourth-order valence-electron chi connectivity index (χ4n) is 3.94. The van der Waals surface area contributed by atoms with Crippen LogP contribution in [0.5, 0.6) is 0 Å². The third-order valence-electron chi connectivity index (χ3n) is 5.89. The summed E-state index contributed by atoms with van der Waals surface area (Å²) in [6, 6.07) is 21.4. The van der Waals surface area contributed by atoms with Crippen LogP contribution in [0.1, 0.15) is 36.7 Å². The Hall–Kier alpha value is -4.52. The zero-order valence-corrected chi connectivity index (χ0v) is 20.3. The van der Waals surface area contributed by atoms with Gasteiger partial charge in [-0.15, -0.1) is 0 Å². The highest BCUT2D eigenvalue weighted by molar-refractivity contribution is 6.04. The first-order chi connectivity index (χ1) is 17.3. The first-order valence-electron chi connectivity index (χ1n) is 11.6. The summed E-state index contributed by atoms with van der Waals surface area (Å²) in [6.07, 6.45) is 5.37. The lowest BCUT2D eigenvalue weighted by atomic mass is 9.87. The van der Waals surface area contributed by atoms with Crippen LogP contribution in [0.2, 0.25) is 0 Å². The molecule has 0 aliphatic rings. The van der Waals surface area contributed by atoms with E-state index in [0.717, 1.165) is 5.56 Å². The van der Waals surface area contributed by atoms with Crippen LogP contribution in [0.25, 0.3) is 16.9 Å². The number of nitrogens with zero attached hydrogens (tertiary/aromatic N) is 3. The van der Waals surface area contributed by atoms with Crippen LogP contribution in [-0.2, 0) is 5.41 Å². The van der Waals surface area contributed by atoms with Crippen LogP contribution in [-0.4, -0.2) is 20.3 Å². The molecule has 0 atom stereocenters. The minimum Gasteiger partial charge on any atom is -0.337 e. The van der Waals surface area contributed by atoms with E-state index >= 15 is 0 Å². The molecule has 0 unspecified atom stereocenters. The average molecular weight is 480 g/mol. The highest BCUT2D eigenvalue weighted by atomic mass is 19.1. The number of rotatable bonds is 5. The predicted octanol–water partition coefficient (Wildman–Crippen LogP) is 6.83. The summed E-state index contributed by atoms with van der Waals surface area (Å²) in [5, 5.41) is 6.14. The number of imidazole rings is 1. The smallest absolute Gasteiger partial charge is 0.255 e. The summed E-state index contributed by atoms with van der Waals surface area (Å²) < 4.78 is 15.5. The van der Waals surface area contributed by atoms with Gasteiger partial charge in [-0.3, -0.25) is 4.79 Å². The molecular weight excluding hydrogens is 453 g/mol. The Kier molecular flexibility index (Phi) is 5.98. The van der Waals surface area contributed by atoms with Gasteiger partial charge in [0.25, 0.3) is 5.91 Å². The van der Waals surface area contributed by atoms with Crippen LogP contribution in [0, 0.1) is 5.82 Å². The molecule has 2 heterocycles. The van der Waals surface area contributed by atoms with Crippen LogP contribution in [0.3, 0.4) is 0 Å². The molecule has 0 spiro atoms. The van der Waals surface area contributed by atoms with Gasteiger partial charge in [-0.25, -0.2) is 14.4 Å². The number of anilines is 3.